The number of halogens is 2. The van der Waals surface area contributed by atoms with Gasteiger partial charge in [-0.2, -0.15) is 0 Å². The third kappa shape index (κ3) is 5.81. The van der Waals surface area contributed by atoms with E-state index in [9.17, 15) is 13.6 Å². The van der Waals surface area contributed by atoms with Crippen molar-refractivity contribution in [1.82, 2.24) is 10.6 Å². The maximum Gasteiger partial charge on any atom is 0.407 e. The topological polar surface area (TPSA) is 50.4 Å². The van der Waals surface area contributed by atoms with Gasteiger partial charge in [0, 0.05) is 12.1 Å². The Bertz CT molecular complexity index is 261. The van der Waals surface area contributed by atoms with E-state index in [1.165, 1.54) is 0 Å². The molecule has 1 fully saturated rings. The summed E-state index contributed by atoms with van der Waals surface area (Å²) in [6, 6.07) is 0.101. The maximum atomic E-state index is 11.9. The van der Waals surface area contributed by atoms with Crippen LogP contribution in [0.4, 0.5) is 13.6 Å². The molecule has 0 heterocycles. The number of ether oxygens (including phenoxy) is 1. The lowest BCUT2D eigenvalue weighted by Crippen LogP contribution is -2.53. The van der Waals surface area contributed by atoms with E-state index in [0.29, 0.717) is 12.8 Å². The van der Waals surface area contributed by atoms with E-state index in [0.717, 1.165) is 0 Å². The van der Waals surface area contributed by atoms with Crippen LogP contribution >= 0.6 is 0 Å². The van der Waals surface area contributed by atoms with Gasteiger partial charge in [0.25, 0.3) is 6.43 Å². The summed E-state index contributed by atoms with van der Waals surface area (Å²) < 4.78 is 28.9. The van der Waals surface area contributed by atoms with Crippen molar-refractivity contribution in [1.29, 1.82) is 0 Å². The number of nitrogens with one attached hydrogen (secondary N) is 2. The molecular weight excluding hydrogens is 230 g/mol. The zero-order chi connectivity index (χ0) is 13.1. The van der Waals surface area contributed by atoms with Gasteiger partial charge in [0.15, 0.2) is 0 Å². The number of alkyl halides is 2. The minimum atomic E-state index is -2.33. The molecule has 17 heavy (non-hydrogen) atoms. The first-order valence-corrected chi connectivity index (χ1v) is 5.77. The first-order chi connectivity index (χ1) is 7.76. The van der Waals surface area contributed by atoms with Gasteiger partial charge >= 0.3 is 6.09 Å². The first kappa shape index (κ1) is 14.2. The highest BCUT2D eigenvalue weighted by Crippen LogP contribution is 2.20. The van der Waals surface area contributed by atoms with E-state index in [2.05, 4.69) is 10.6 Å². The second-order valence-corrected chi connectivity index (χ2v) is 5.31. The molecule has 0 radical (unpaired) electrons. The van der Waals surface area contributed by atoms with Crippen LogP contribution in [0.15, 0.2) is 0 Å². The molecule has 0 bridgehead atoms. The lowest BCUT2D eigenvalue weighted by molar-refractivity contribution is 0.0458. The van der Waals surface area contributed by atoms with Crippen molar-refractivity contribution in [2.75, 3.05) is 6.54 Å². The van der Waals surface area contributed by atoms with Crippen molar-refractivity contribution in [3.05, 3.63) is 0 Å². The monoisotopic (exact) mass is 250 g/mol. The molecule has 0 atom stereocenters. The Hall–Kier alpha value is -0.910. The summed E-state index contributed by atoms with van der Waals surface area (Å²) in [4.78, 5) is 11.4. The van der Waals surface area contributed by atoms with E-state index < -0.39 is 18.1 Å². The quantitative estimate of drug-likeness (QED) is 0.801. The third-order valence-corrected chi connectivity index (χ3v) is 2.42. The number of carbonyl (C=O) groups is 1. The fraction of sp³-hybridized carbons (Fsp3) is 0.909. The van der Waals surface area contributed by atoms with Gasteiger partial charge in [0.2, 0.25) is 0 Å². The van der Waals surface area contributed by atoms with E-state index in [1.807, 2.05) is 0 Å². The second-order valence-electron chi connectivity index (χ2n) is 5.31. The molecule has 4 nitrogen and oxygen atoms in total. The van der Waals surface area contributed by atoms with E-state index in [-0.39, 0.29) is 18.6 Å². The molecule has 1 aliphatic carbocycles. The zero-order valence-electron chi connectivity index (χ0n) is 10.4. The molecule has 1 amide bonds. The van der Waals surface area contributed by atoms with Crippen LogP contribution in [0.5, 0.6) is 0 Å². The molecule has 1 aliphatic rings. The van der Waals surface area contributed by atoms with Gasteiger partial charge in [-0.15, -0.1) is 0 Å². The Kier molecular flexibility index (Phi) is 4.68. The molecule has 100 valence electrons. The number of carbonyl (C=O) groups excluding carboxylic acids is 1. The van der Waals surface area contributed by atoms with E-state index in [4.69, 9.17) is 4.74 Å². The predicted octanol–water partition coefficient (Wildman–Crippen LogP) is 1.90. The van der Waals surface area contributed by atoms with Crippen LogP contribution in [-0.2, 0) is 4.74 Å². The van der Waals surface area contributed by atoms with Crippen molar-refractivity contribution >= 4 is 6.09 Å². The number of alkyl carbamates (subject to hydrolysis) is 1. The van der Waals surface area contributed by atoms with Gasteiger partial charge in [-0.05, 0) is 33.6 Å². The van der Waals surface area contributed by atoms with Crippen molar-refractivity contribution in [3.63, 3.8) is 0 Å². The average molecular weight is 250 g/mol. The number of hydrogen-bond donors (Lipinski definition) is 2. The standard InChI is InChI=1S/C11H20F2N2O2/c1-11(2,3)17-10(16)15-8-4-7(5-8)14-6-9(12)13/h7-9,14H,4-6H2,1-3H3,(H,15,16). The second kappa shape index (κ2) is 5.62. The molecule has 0 aliphatic heterocycles. The molecule has 0 aromatic rings. The van der Waals surface area contributed by atoms with E-state index in [1.54, 1.807) is 20.8 Å². The lowest BCUT2D eigenvalue weighted by Gasteiger charge is -2.36. The zero-order valence-corrected chi connectivity index (χ0v) is 10.4. The highest BCUT2D eigenvalue weighted by Gasteiger charge is 2.31. The van der Waals surface area contributed by atoms with Crippen LogP contribution in [0, 0.1) is 0 Å². The SMILES string of the molecule is CC(C)(C)OC(=O)NC1CC(NCC(F)F)C1. The maximum absolute atomic E-state index is 11.9. The number of rotatable bonds is 4. The molecule has 0 spiro atoms. The summed E-state index contributed by atoms with van der Waals surface area (Å²) in [6.07, 6.45) is -1.43. The van der Waals surface area contributed by atoms with Crippen LogP contribution in [0.1, 0.15) is 33.6 Å². The Morgan fingerprint density at radius 1 is 1.35 bits per heavy atom. The molecule has 0 aromatic heterocycles. The number of hydrogen-bond acceptors (Lipinski definition) is 3. The lowest BCUT2D eigenvalue weighted by atomic mass is 9.87. The van der Waals surface area contributed by atoms with Crippen molar-refractivity contribution in [2.24, 2.45) is 0 Å². The molecule has 0 saturated heterocycles. The largest absolute Gasteiger partial charge is 0.444 e. The van der Waals surface area contributed by atoms with Crippen LogP contribution in [-0.4, -0.2) is 36.7 Å². The molecule has 1 rings (SSSR count). The summed E-state index contributed by atoms with van der Waals surface area (Å²) in [5, 5.41) is 5.43. The first-order valence-electron chi connectivity index (χ1n) is 5.77. The highest BCUT2D eigenvalue weighted by molar-refractivity contribution is 5.68. The Balaban J connectivity index is 2.11. The molecule has 0 aromatic carbocycles. The number of amides is 1. The van der Waals surface area contributed by atoms with Crippen LogP contribution < -0.4 is 10.6 Å². The molecule has 2 N–H and O–H groups in total. The fourth-order valence-corrected chi connectivity index (χ4v) is 1.63. The molecule has 0 unspecified atom stereocenters. The van der Waals surface area contributed by atoms with Crippen LogP contribution in [0.25, 0.3) is 0 Å². The Morgan fingerprint density at radius 2 is 1.94 bits per heavy atom. The minimum absolute atomic E-state index is 0.0278. The summed E-state index contributed by atoms with van der Waals surface area (Å²) >= 11 is 0. The minimum Gasteiger partial charge on any atom is -0.444 e. The summed E-state index contributed by atoms with van der Waals surface area (Å²) in [5.41, 5.74) is -0.513. The molecule has 1 saturated carbocycles. The normalized spacial score (nSPS) is 24.4. The summed E-state index contributed by atoms with van der Waals surface area (Å²) in [6.45, 7) is 5.09. The van der Waals surface area contributed by atoms with Crippen molar-refractivity contribution in [3.8, 4) is 0 Å². The van der Waals surface area contributed by atoms with Gasteiger partial charge in [-0.25, -0.2) is 13.6 Å². The van der Waals surface area contributed by atoms with E-state index >= 15 is 0 Å². The highest BCUT2D eigenvalue weighted by atomic mass is 19.3. The van der Waals surface area contributed by atoms with Gasteiger partial charge in [-0.3, -0.25) is 0 Å². The summed E-state index contributed by atoms with van der Waals surface area (Å²) in [7, 11) is 0. The molecule has 6 heteroatoms. The Morgan fingerprint density at radius 3 is 2.41 bits per heavy atom. The van der Waals surface area contributed by atoms with Crippen molar-refractivity contribution < 1.29 is 18.3 Å². The van der Waals surface area contributed by atoms with Gasteiger partial charge in [-0.1, -0.05) is 0 Å². The van der Waals surface area contributed by atoms with Crippen LogP contribution in [0.2, 0.25) is 0 Å². The third-order valence-electron chi connectivity index (χ3n) is 2.42. The fourth-order valence-electron chi connectivity index (χ4n) is 1.63. The Labute approximate surface area is 100 Å². The average Bonchev–Trinajstić information content (AvgIpc) is 2.04. The smallest absolute Gasteiger partial charge is 0.407 e. The van der Waals surface area contributed by atoms with Gasteiger partial charge in [0.1, 0.15) is 5.60 Å². The predicted molar refractivity (Wildman–Crippen MR) is 60.2 cm³/mol. The molecular formula is C11H20F2N2O2. The van der Waals surface area contributed by atoms with Crippen molar-refractivity contribution in [2.45, 2.75) is 57.7 Å². The van der Waals surface area contributed by atoms with Crippen LogP contribution in [0.3, 0.4) is 0 Å². The van der Waals surface area contributed by atoms with Gasteiger partial charge in [0.05, 0.1) is 6.54 Å². The summed E-state index contributed by atoms with van der Waals surface area (Å²) in [5.74, 6) is 0. The van der Waals surface area contributed by atoms with Gasteiger partial charge < -0.3 is 15.4 Å².